The first-order chi connectivity index (χ1) is 9.10. The third-order valence-electron chi connectivity index (χ3n) is 3.33. The molecule has 0 heterocycles. The number of ketones is 1. The lowest BCUT2D eigenvalue weighted by Gasteiger charge is -2.18. The van der Waals surface area contributed by atoms with E-state index in [2.05, 4.69) is 15.9 Å². The number of rotatable bonds is 5. The van der Waals surface area contributed by atoms with Gasteiger partial charge in [0.2, 0.25) is 0 Å². The highest BCUT2D eigenvalue weighted by Gasteiger charge is 2.20. The van der Waals surface area contributed by atoms with Crippen molar-refractivity contribution in [1.82, 2.24) is 0 Å². The van der Waals surface area contributed by atoms with Crippen molar-refractivity contribution >= 4 is 21.7 Å². The van der Waals surface area contributed by atoms with E-state index in [1.165, 1.54) is 12.8 Å². The largest absolute Gasteiger partial charge is 0.493 e. The molecule has 3 nitrogen and oxygen atoms in total. The Labute approximate surface area is 122 Å². The number of carbonyl (C=O) groups is 1. The van der Waals surface area contributed by atoms with Gasteiger partial charge >= 0.3 is 0 Å². The molecule has 1 saturated carbocycles. The van der Waals surface area contributed by atoms with Gasteiger partial charge in [0.15, 0.2) is 11.5 Å². The van der Waals surface area contributed by atoms with E-state index in [9.17, 15) is 4.79 Å². The molecule has 0 saturated heterocycles. The van der Waals surface area contributed by atoms with Gasteiger partial charge in [-0.2, -0.15) is 0 Å². The quantitative estimate of drug-likeness (QED) is 0.822. The minimum absolute atomic E-state index is 0.137. The van der Waals surface area contributed by atoms with Gasteiger partial charge in [-0.05, 0) is 66.2 Å². The van der Waals surface area contributed by atoms with Crippen LogP contribution in [0.25, 0.3) is 0 Å². The second-order valence-corrected chi connectivity index (χ2v) is 5.87. The highest BCUT2D eigenvalue weighted by Crippen LogP contribution is 2.39. The van der Waals surface area contributed by atoms with E-state index in [0.29, 0.717) is 12.2 Å². The van der Waals surface area contributed by atoms with Gasteiger partial charge in [0, 0.05) is 6.42 Å². The molecule has 1 aliphatic carbocycles. The third-order valence-corrected chi connectivity index (χ3v) is 3.92. The van der Waals surface area contributed by atoms with E-state index < -0.39 is 0 Å². The van der Waals surface area contributed by atoms with E-state index in [4.69, 9.17) is 9.47 Å². The smallest absolute Gasteiger partial charge is 0.175 e. The Morgan fingerprint density at radius 3 is 2.63 bits per heavy atom. The van der Waals surface area contributed by atoms with Crippen LogP contribution in [0.3, 0.4) is 0 Å². The number of carbonyl (C=O) groups excluding carboxylic acids is 1. The monoisotopic (exact) mass is 326 g/mol. The summed E-state index contributed by atoms with van der Waals surface area (Å²) in [4.78, 5) is 11.2. The normalized spacial score (nSPS) is 15.5. The summed E-state index contributed by atoms with van der Waals surface area (Å²) in [5.41, 5.74) is 0.940. The van der Waals surface area contributed by atoms with Crippen LogP contribution in [0.15, 0.2) is 16.6 Å². The predicted octanol–water partition coefficient (Wildman–Crippen LogP) is 3.91. The molecule has 1 aliphatic rings. The molecule has 0 unspecified atom stereocenters. The summed E-state index contributed by atoms with van der Waals surface area (Å²) in [7, 11) is 1.63. The molecule has 0 atom stereocenters. The molecule has 0 aromatic heterocycles. The van der Waals surface area contributed by atoms with Crippen molar-refractivity contribution in [2.45, 2.75) is 45.1 Å². The van der Waals surface area contributed by atoms with Crippen LogP contribution in [-0.4, -0.2) is 19.0 Å². The molecule has 1 fully saturated rings. The van der Waals surface area contributed by atoms with Crippen molar-refractivity contribution in [3.8, 4) is 11.5 Å². The summed E-state index contributed by atoms with van der Waals surface area (Å²) in [5.74, 6) is 1.58. The zero-order chi connectivity index (χ0) is 13.8. The molecule has 0 spiro atoms. The van der Waals surface area contributed by atoms with Gasteiger partial charge in [0.25, 0.3) is 0 Å². The summed E-state index contributed by atoms with van der Waals surface area (Å²) in [6, 6.07) is 3.82. The number of halogens is 1. The Bertz CT molecular complexity index is 465. The van der Waals surface area contributed by atoms with Crippen LogP contribution in [0.2, 0.25) is 0 Å². The summed E-state index contributed by atoms with van der Waals surface area (Å²) in [6.07, 6.45) is 5.36. The highest BCUT2D eigenvalue weighted by atomic mass is 79.9. The number of ether oxygens (including phenoxy) is 2. The van der Waals surface area contributed by atoms with Crippen molar-refractivity contribution in [2.75, 3.05) is 7.11 Å². The third kappa shape index (κ3) is 3.72. The van der Waals surface area contributed by atoms with Crippen LogP contribution in [0.5, 0.6) is 11.5 Å². The van der Waals surface area contributed by atoms with E-state index in [0.717, 1.165) is 28.6 Å². The predicted molar refractivity (Wildman–Crippen MR) is 78.0 cm³/mol. The lowest BCUT2D eigenvalue weighted by molar-refractivity contribution is -0.116. The topological polar surface area (TPSA) is 35.5 Å². The van der Waals surface area contributed by atoms with Crippen molar-refractivity contribution < 1.29 is 14.3 Å². The van der Waals surface area contributed by atoms with Crippen LogP contribution in [0.4, 0.5) is 0 Å². The first-order valence-electron chi connectivity index (χ1n) is 6.62. The molecule has 1 aromatic carbocycles. The van der Waals surface area contributed by atoms with E-state index in [1.54, 1.807) is 14.0 Å². The van der Waals surface area contributed by atoms with E-state index in [-0.39, 0.29) is 11.9 Å². The summed E-state index contributed by atoms with van der Waals surface area (Å²) in [5, 5.41) is 0. The van der Waals surface area contributed by atoms with Gasteiger partial charge < -0.3 is 9.47 Å². The molecule has 0 aliphatic heterocycles. The Morgan fingerprint density at radius 2 is 2.05 bits per heavy atom. The SMILES string of the molecule is COc1cc(CC(C)=O)cc(Br)c1OC1CCCC1. The standard InChI is InChI=1S/C15H19BrO3/c1-10(17)7-11-8-13(16)15(14(9-11)18-2)19-12-5-3-4-6-12/h8-9,12H,3-7H2,1-2H3. The molecule has 0 radical (unpaired) electrons. The molecule has 4 heteroatoms. The van der Waals surface area contributed by atoms with Gasteiger partial charge in [-0.1, -0.05) is 0 Å². The average Bonchev–Trinajstić information content (AvgIpc) is 2.84. The zero-order valence-electron chi connectivity index (χ0n) is 11.4. The number of hydrogen-bond acceptors (Lipinski definition) is 3. The van der Waals surface area contributed by atoms with E-state index in [1.807, 2.05) is 12.1 Å². The molecule has 0 N–H and O–H groups in total. The summed E-state index contributed by atoms with van der Waals surface area (Å²) in [6.45, 7) is 1.59. The van der Waals surface area contributed by atoms with Crippen molar-refractivity contribution in [2.24, 2.45) is 0 Å². The minimum atomic E-state index is 0.137. The van der Waals surface area contributed by atoms with Crippen LogP contribution in [0.1, 0.15) is 38.2 Å². The number of hydrogen-bond donors (Lipinski definition) is 0. The van der Waals surface area contributed by atoms with Crippen molar-refractivity contribution in [3.63, 3.8) is 0 Å². The highest BCUT2D eigenvalue weighted by molar-refractivity contribution is 9.10. The average molecular weight is 327 g/mol. The van der Waals surface area contributed by atoms with Crippen molar-refractivity contribution in [3.05, 3.63) is 22.2 Å². The Morgan fingerprint density at radius 1 is 1.37 bits per heavy atom. The fourth-order valence-corrected chi connectivity index (χ4v) is 3.03. The maximum absolute atomic E-state index is 11.2. The lowest BCUT2D eigenvalue weighted by Crippen LogP contribution is -2.12. The molecule has 1 aromatic rings. The molecule has 104 valence electrons. The van der Waals surface area contributed by atoms with Crippen LogP contribution >= 0.6 is 15.9 Å². The fraction of sp³-hybridized carbons (Fsp3) is 0.533. The molecule has 0 amide bonds. The maximum atomic E-state index is 11.2. The molecule has 2 rings (SSSR count). The van der Waals surface area contributed by atoms with Gasteiger partial charge in [-0.15, -0.1) is 0 Å². The Balaban J connectivity index is 2.23. The maximum Gasteiger partial charge on any atom is 0.175 e. The van der Waals surface area contributed by atoms with Crippen LogP contribution < -0.4 is 9.47 Å². The molecular formula is C15H19BrO3. The minimum Gasteiger partial charge on any atom is -0.493 e. The zero-order valence-corrected chi connectivity index (χ0v) is 13.0. The second kappa shape index (κ2) is 6.42. The van der Waals surface area contributed by atoms with Gasteiger partial charge in [-0.25, -0.2) is 0 Å². The Kier molecular flexibility index (Phi) is 4.86. The van der Waals surface area contributed by atoms with Gasteiger partial charge in [-0.3, -0.25) is 4.79 Å². The van der Waals surface area contributed by atoms with Crippen molar-refractivity contribution in [1.29, 1.82) is 0 Å². The molecule has 0 bridgehead atoms. The molecular weight excluding hydrogens is 308 g/mol. The second-order valence-electron chi connectivity index (χ2n) is 5.01. The number of Topliss-reactive ketones (excluding diaryl/α,β-unsaturated/α-hetero) is 1. The summed E-state index contributed by atoms with van der Waals surface area (Å²) < 4.78 is 12.3. The first kappa shape index (κ1) is 14.4. The fourth-order valence-electron chi connectivity index (χ4n) is 2.45. The first-order valence-corrected chi connectivity index (χ1v) is 7.42. The van der Waals surface area contributed by atoms with Crippen LogP contribution in [0, 0.1) is 0 Å². The van der Waals surface area contributed by atoms with Gasteiger partial charge in [0.05, 0.1) is 17.7 Å². The Hall–Kier alpha value is -1.03. The summed E-state index contributed by atoms with van der Waals surface area (Å²) >= 11 is 3.52. The number of benzene rings is 1. The van der Waals surface area contributed by atoms with E-state index >= 15 is 0 Å². The van der Waals surface area contributed by atoms with Gasteiger partial charge in [0.1, 0.15) is 5.78 Å². The molecule has 19 heavy (non-hydrogen) atoms. The lowest BCUT2D eigenvalue weighted by atomic mass is 10.1. The number of methoxy groups -OCH3 is 1. The van der Waals surface area contributed by atoms with Crippen LogP contribution in [-0.2, 0) is 11.2 Å².